The van der Waals surface area contributed by atoms with Crippen molar-refractivity contribution in [3.63, 3.8) is 0 Å². The maximum absolute atomic E-state index is 4.51. The average molecular weight is 175 g/mol. The van der Waals surface area contributed by atoms with E-state index in [0.717, 1.165) is 17.0 Å². The van der Waals surface area contributed by atoms with E-state index in [4.69, 9.17) is 0 Å². The van der Waals surface area contributed by atoms with E-state index in [-0.39, 0.29) is 0 Å². The van der Waals surface area contributed by atoms with Gasteiger partial charge in [0, 0.05) is 6.20 Å². The largest absolute Gasteiger partial charge is 0.232 e. The van der Waals surface area contributed by atoms with Gasteiger partial charge in [-0.15, -0.1) is 0 Å². The molecule has 0 aliphatic rings. The molecule has 68 valence electrons. The molecule has 2 aromatic heterocycles. The van der Waals surface area contributed by atoms with Gasteiger partial charge in [-0.2, -0.15) is 5.10 Å². The first-order chi connectivity index (χ1) is 6.20. The Morgan fingerprint density at radius 3 is 2.77 bits per heavy atom. The standard InChI is InChI=1S/C10H13N3/c1-7(2)10-8(3)13-9(12-10)5-4-6-11-13/h4-7H,1-3H3. The van der Waals surface area contributed by atoms with Gasteiger partial charge in [-0.1, -0.05) is 13.8 Å². The van der Waals surface area contributed by atoms with E-state index in [0.29, 0.717) is 5.92 Å². The Bertz CT molecular complexity index is 429. The predicted octanol–water partition coefficient (Wildman–Crippen LogP) is 2.16. The molecule has 0 fully saturated rings. The van der Waals surface area contributed by atoms with Crippen molar-refractivity contribution in [3.05, 3.63) is 29.7 Å². The Balaban J connectivity index is 2.74. The molecule has 0 bridgehead atoms. The highest BCUT2D eigenvalue weighted by Crippen LogP contribution is 2.18. The second-order valence-corrected chi connectivity index (χ2v) is 3.53. The third kappa shape index (κ3) is 1.20. The fourth-order valence-corrected chi connectivity index (χ4v) is 1.57. The molecule has 0 amide bonds. The maximum Gasteiger partial charge on any atom is 0.154 e. The summed E-state index contributed by atoms with van der Waals surface area (Å²) < 4.78 is 1.88. The van der Waals surface area contributed by atoms with Crippen LogP contribution < -0.4 is 0 Å². The highest BCUT2D eigenvalue weighted by Gasteiger charge is 2.10. The Kier molecular flexibility index (Phi) is 1.79. The fourth-order valence-electron chi connectivity index (χ4n) is 1.57. The van der Waals surface area contributed by atoms with Crippen LogP contribution in [0.2, 0.25) is 0 Å². The summed E-state index contributed by atoms with van der Waals surface area (Å²) in [6, 6.07) is 3.89. The van der Waals surface area contributed by atoms with Crippen molar-refractivity contribution in [1.29, 1.82) is 0 Å². The minimum atomic E-state index is 0.460. The summed E-state index contributed by atoms with van der Waals surface area (Å²) in [5.74, 6) is 0.460. The predicted molar refractivity (Wildman–Crippen MR) is 51.8 cm³/mol. The van der Waals surface area contributed by atoms with E-state index in [2.05, 4.69) is 30.9 Å². The van der Waals surface area contributed by atoms with Crippen LogP contribution in [0.1, 0.15) is 31.2 Å². The SMILES string of the molecule is Cc1c(C(C)C)nc2cccnn12. The van der Waals surface area contributed by atoms with Crippen LogP contribution in [0.5, 0.6) is 0 Å². The van der Waals surface area contributed by atoms with Gasteiger partial charge in [-0.25, -0.2) is 9.50 Å². The summed E-state index contributed by atoms with van der Waals surface area (Å²) in [6.07, 6.45) is 1.78. The van der Waals surface area contributed by atoms with Gasteiger partial charge in [0.05, 0.1) is 11.4 Å². The van der Waals surface area contributed by atoms with Gasteiger partial charge in [0.2, 0.25) is 0 Å². The summed E-state index contributed by atoms with van der Waals surface area (Å²) in [5.41, 5.74) is 3.22. The molecular formula is C10H13N3. The van der Waals surface area contributed by atoms with Crippen LogP contribution in [-0.2, 0) is 0 Å². The van der Waals surface area contributed by atoms with E-state index < -0.39 is 0 Å². The van der Waals surface area contributed by atoms with Crippen molar-refractivity contribution in [3.8, 4) is 0 Å². The second kappa shape index (κ2) is 2.83. The zero-order valence-electron chi connectivity index (χ0n) is 8.15. The molecule has 0 saturated carbocycles. The number of rotatable bonds is 1. The van der Waals surface area contributed by atoms with Crippen LogP contribution in [0.15, 0.2) is 18.3 Å². The molecule has 0 unspecified atom stereocenters. The van der Waals surface area contributed by atoms with E-state index in [1.807, 2.05) is 16.6 Å². The highest BCUT2D eigenvalue weighted by molar-refractivity contribution is 5.41. The van der Waals surface area contributed by atoms with Crippen LogP contribution >= 0.6 is 0 Å². The Morgan fingerprint density at radius 2 is 2.15 bits per heavy atom. The molecule has 2 aromatic rings. The molecule has 0 aliphatic heterocycles. The number of hydrogen-bond donors (Lipinski definition) is 0. The maximum atomic E-state index is 4.51. The fraction of sp³-hybridized carbons (Fsp3) is 0.400. The zero-order chi connectivity index (χ0) is 9.42. The molecule has 0 radical (unpaired) electrons. The summed E-state index contributed by atoms with van der Waals surface area (Å²) in [4.78, 5) is 4.51. The minimum Gasteiger partial charge on any atom is -0.232 e. The molecule has 0 aromatic carbocycles. The molecule has 2 rings (SSSR count). The minimum absolute atomic E-state index is 0.460. The first-order valence-corrected chi connectivity index (χ1v) is 4.50. The molecule has 13 heavy (non-hydrogen) atoms. The van der Waals surface area contributed by atoms with Crippen LogP contribution in [0.4, 0.5) is 0 Å². The third-order valence-electron chi connectivity index (χ3n) is 2.20. The van der Waals surface area contributed by atoms with Gasteiger partial charge in [-0.05, 0) is 25.0 Å². The van der Waals surface area contributed by atoms with E-state index in [1.54, 1.807) is 6.20 Å². The number of aromatic nitrogens is 3. The second-order valence-electron chi connectivity index (χ2n) is 3.53. The van der Waals surface area contributed by atoms with Crippen LogP contribution in [0.3, 0.4) is 0 Å². The van der Waals surface area contributed by atoms with Gasteiger partial charge < -0.3 is 0 Å². The van der Waals surface area contributed by atoms with Crippen molar-refractivity contribution in [2.24, 2.45) is 0 Å². The molecule has 0 aliphatic carbocycles. The van der Waals surface area contributed by atoms with Gasteiger partial charge in [0.25, 0.3) is 0 Å². The smallest absolute Gasteiger partial charge is 0.154 e. The Labute approximate surface area is 77.4 Å². The molecule has 0 spiro atoms. The number of aryl methyl sites for hydroxylation is 1. The zero-order valence-corrected chi connectivity index (χ0v) is 8.15. The van der Waals surface area contributed by atoms with Gasteiger partial charge in [0.15, 0.2) is 5.65 Å². The quantitative estimate of drug-likeness (QED) is 0.664. The first kappa shape index (κ1) is 8.23. The molecule has 0 atom stereocenters. The van der Waals surface area contributed by atoms with Crippen molar-refractivity contribution < 1.29 is 0 Å². The lowest BCUT2D eigenvalue weighted by molar-refractivity contribution is 0.809. The van der Waals surface area contributed by atoms with Crippen molar-refractivity contribution >= 4 is 5.65 Å². The lowest BCUT2D eigenvalue weighted by Gasteiger charge is -1.99. The summed E-state index contributed by atoms with van der Waals surface area (Å²) >= 11 is 0. The molecule has 0 N–H and O–H groups in total. The monoisotopic (exact) mass is 175 g/mol. The van der Waals surface area contributed by atoms with Gasteiger partial charge in [0.1, 0.15) is 0 Å². The van der Waals surface area contributed by atoms with Crippen LogP contribution in [0.25, 0.3) is 5.65 Å². The van der Waals surface area contributed by atoms with E-state index >= 15 is 0 Å². The van der Waals surface area contributed by atoms with Crippen molar-refractivity contribution in [2.75, 3.05) is 0 Å². The molecule has 3 heteroatoms. The third-order valence-corrected chi connectivity index (χ3v) is 2.20. The van der Waals surface area contributed by atoms with E-state index in [9.17, 15) is 0 Å². The molecule has 3 nitrogen and oxygen atoms in total. The normalized spacial score (nSPS) is 11.4. The topological polar surface area (TPSA) is 30.2 Å². The molecule has 2 heterocycles. The Hall–Kier alpha value is -1.38. The lowest BCUT2D eigenvalue weighted by Crippen LogP contribution is -1.94. The summed E-state index contributed by atoms with van der Waals surface area (Å²) in [7, 11) is 0. The van der Waals surface area contributed by atoms with Gasteiger partial charge >= 0.3 is 0 Å². The van der Waals surface area contributed by atoms with Crippen molar-refractivity contribution in [1.82, 2.24) is 14.6 Å². The van der Waals surface area contributed by atoms with Crippen LogP contribution in [0, 0.1) is 6.92 Å². The van der Waals surface area contributed by atoms with Gasteiger partial charge in [-0.3, -0.25) is 0 Å². The highest BCUT2D eigenvalue weighted by atomic mass is 15.3. The average Bonchev–Trinajstić information content (AvgIpc) is 2.45. The summed E-state index contributed by atoms with van der Waals surface area (Å²) in [5, 5.41) is 4.24. The number of imidazole rings is 1. The van der Waals surface area contributed by atoms with Crippen LogP contribution in [-0.4, -0.2) is 14.6 Å². The number of hydrogen-bond acceptors (Lipinski definition) is 2. The number of fused-ring (bicyclic) bond motifs is 1. The Morgan fingerprint density at radius 1 is 1.38 bits per heavy atom. The molecule has 0 saturated heterocycles. The first-order valence-electron chi connectivity index (χ1n) is 4.50. The van der Waals surface area contributed by atoms with E-state index in [1.165, 1.54) is 0 Å². The summed E-state index contributed by atoms with van der Waals surface area (Å²) in [6.45, 7) is 6.35. The number of nitrogens with zero attached hydrogens (tertiary/aromatic N) is 3. The molecular weight excluding hydrogens is 162 g/mol. The van der Waals surface area contributed by atoms with Crippen molar-refractivity contribution in [2.45, 2.75) is 26.7 Å². The lowest BCUT2D eigenvalue weighted by atomic mass is 10.1.